The Balaban J connectivity index is 1.33. The van der Waals surface area contributed by atoms with E-state index in [0.29, 0.717) is 28.4 Å². The van der Waals surface area contributed by atoms with Gasteiger partial charge in [-0.1, -0.05) is 36.3 Å². The van der Waals surface area contributed by atoms with Crippen molar-refractivity contribution in [2.75, 3.05) is 11.2 Å². The summed E-state index contributed by atoms with van der Waals surface area (Å²) < 4.78 is 3.11. The number of carbonyl (C=O) groups is 2. The van der Waals surface area contributed by atoms with Gasteiger partial charge in [-0.25, -0.2) is 14.5 Å². The molecule has 1 aliphatic heterocycles. The first kappa shape index (κ1) is 25.6. The third-order valence-corrected chi connectivity index (χ3v) is 6.71. The first-order valence-electron chi connectivity index (χ1n) is 12.9. The van der Waals surface area contributed by atoms with E-state index in [1.807, 2.05) is 67.9 Å². The van der Waals surface area contributed by atoms with Crippen LogP contribution >= 0.6 is 0 Å². The molecule has 2 unspecified atom stereocenters. The average molecular weight is 547 g/mol. The minimum atomic E-state index is -0.691. The number of hydrazine groups is 1. The highest BCUT2D eigenvalue weighted by atomic mass is 16.2. The van der Waals surface area contributed by atoms with Crippen molar-refractivity contribution >= 4 is 34.8 Å². The Morgan fingerprint density at radius 1 is 1.10 bits per heavy atom. The molecule has 6 rings (SSSR count). The van der Waals surface area contributed by atoms with E-state index >= 15 is 0 Å². The standard InChI is InChI=1S/C29H26N10O2/c1-18(32-28(40)24-25(30)36-38-16-7-15-31-27(24)38)26-33-22-11-6-8-19(12-13-21-14-17-37(2)34-21)23(22)29(41)39(26)35-20-9-4-3-5-10-20/h3-11,14-18,22-23,35H,1-2H3,(H2,30,36)(H,32,40)/t18-,22?,23?/m1/s1. The van der Waals surface area contributed by atoms with Crippen LogP contribution in [0.5, 0.6) is 0 Å². The van der Waals surface area contributed by atoms with Crippen LogP contribution in [0.25, 0.3) is 5.65 Å². The number of aryl methyl sites for hydroxylation is 1. The number of aliphatic imine (C=N–C) groups is 1. The number of hydrogen-bond donors (Lipinski definition) is 3. The smallest absolute Gasteiger partial charge is 0.259 e. The molecule has 0 bridgehead atoms. The number of hydrogen-bond acceptors (Lipinski definition) is 8. The number of nitrogens with zero attached hydrogens (tertiary/aromatic N) is 7. The summed E-state index contributed by atoms with van der Waals surface area (Å²) in [6.45, 7) is 1.75. The van der Waals surface area contributed by atoms with Crippen molar-refractivity contribution in [1.82, 2.24) is 34.7 Å². The minimum absolute atomic E-state index is 0.0471. The lowest BCUT2D eigenvalue weighted by atomic mass is 9.85. The van der Waals surface area contributed by atoms with Gasteiger partial charge < -0.3 is 11.1 Å². The zero-order valence-corrected chi connectivity index (χ0v) is 22.3. The van der Waals surface area contributed by atoms with Crippen molar-refractivity contribution in [2.45, 2.75) is 19.0 Å². The first-order valence-corrected chi connectivity index (χ1v) is 12.9. The van der Waals surface area contributed by atoms with Crippen LogP contribution in [0.15, 0.2) is 89.8 Å². The molecule has 0 radical (unpaired) electrons. The van der Waals surface area contributed by atoms with Gasteiger partial charge in [-0.05, 0) is 43.2 Å². The van der Waals surface area contributed by atoms with E-state index in [0.717, 1.165) is 0 Å². The van der Waals surface area contributed by atoms with Crippen molar-refractivity contribution in [1.29, 1.82) is 0 Å². The fraction of sp³-hybridized carbons (Fsp3) is 0.172. The highest BCUT2D eigenvalue weighted by Gasteiger charge is 2.42. The van der Waals surface area contributed by atoms with Gasteiger partial charge in [-0.15, -0.1) is 5.10 Å². The molecule has 1 aliphatic carbocycles. The van der Waals surface area contributed by atoms with Gasteiger partial charge in [0.05, 0.1) is 23.7 Å². The van der Waals surface area contributed by atoms with Crippen LogP contribution in [0.2, 0.25) is 0 Å². The summed E-state index contributed by atoms with van der Waals surface area (Å²) in [6.07, 6.45) is 10.5. The maximum atomic E-state index is 14.1. The van der Waals surface area contributed by atoms with Crippen molar-refractivity contribution < 1.29 is 9.59 Å². The van der Waals surface area contributed by atoms with Gasteiger partial charge in [0.1, 0.15) is 17.1 Å². The number of nitrogens with two attached hydrogens (primary N) is 1. The Bertz CT molecular complexity index is 1800. The third kappa shape index (κ3) is 4.92. The van der Waals surface area contributed by atoms with Crippen molar-refractivity contribution in [3.05, 3.63) is 96.1 Å². The Morgan fingerprint density at radius 2 is 1.93 bits per heavy atom. The Morgan fingerprint density at radius 3 is 2.71 bits per heavy atom. The fourth-order valence-corrected chi connectivity index (χ4v) is 4.78. The van der Waals surface area contributed by atoms with Crippen LogP contribution in [-0.4, -0.2) is 59.1 Å². The molecule has 41 heavy (non-hydrogen) atoms. The predicted octanol–water partition coefficient (Wildman–Crippen LogP) is 1.96. The molecule has 2 amide bonds. The molecular weight excluding hydrogens is 520 g/mol. The van der Waals surface area contributed by atoms with E-state index in [4.69, 9.17) is 10.7 Å². The van der Waals surface area contributed by atoms with Crippen LogP contribution in [0.1, 0.15) is 23.0 Å². The van der Waals surface area contributed by atoms with Gasteiger partial charge >= 0.3 is 0 Å². The van der Waals surface area contributed by atoms with Gasteiger partial charge in [-0.2, -0.15) is 5.10 Å². The number of anilines is 2. The molecule has 2 aliphatic rings. The number of para-hydroxylation sites is 1. The Kier molecular flexibility index (Phi) is 6.52. The minimum Gasteiger partial charge on any atom is -0.381 e. The number of fused-ring (bicyclic) bond motifs is 2. The molecule has 0 fully saturated rings. The maximum absolute atomic E-state index is 14.1. The zero-order valence-electron chi connectivity index (χ0n) is 22.3. The average Bonchev–Trinajstić information content (AvgIpc) is 3.55. The summed E-state index contributed by atoms with van der Waals surface area (Å²) >= 11 is 0. The summed E-state index contributed by atoms with van der Waals surface area (Å²) in [5, 5.41) is 12.8. The number of aromatic nitrogens is 5. The molecule has 12 nitrogen and oxygen atoms in total. The Labute approximate surface area is 235 Å². The Hall–Kier alpha value is -5.70. The fourth-order valence-electron chi connectivity index (χ4n) is 4.78. The van der Waals surface area contributed by atoms with E-state index < -0.39 is 23.9 Å². The van der Waals surface area contributed by atoms with Gasteiger partial charge in [0.25, 0.3) is 11.8 Å². The molecule has 0 saturated carbocycles. The van der Waals surface area contributed by atoms with Gasteiger partial charge in [0.2, 0.25) is 0 Å². The molecule has 4 N–H and O–H groups in total. The van der Waals surface area contributed by atoms with E-state index in [1.54, 1.807) is 30.1 Å². The second-order valence-electron chi connectivity index (χ2n) is 9.58. The zero-order chi connectivity index (χ0) is 28.5. The molecule has 4 heterocycles. The van der Waals surface area contributed by atoms with Gasteiger partial charge in [0, 0.05) is 31.2 Å². The van der Waals surface area contributed by atoms with E-state index in [1.165, 1.54) is 9.52 Å². The molecule has 12 heteroatoms. The number of benzene rings is 1. The number of allylic oxidation sites excluding steroid dienone is 2. The highest BCUT2D eigenvalue weighted by molar-refractivity contribution is 6.10. The topological polar surface area (TPSA) is 148 Å². The number of amidine groups is 1. The van der Waals surface area contributed by atoms with E-state index in [-0.39, 0.29) is 17.3 Å². The molecule has 204 valence electrons. The monoisotopic (exact) mass is 546 g/mol. The summed E-state index contributed by atoms with van der Waals surface area (Å²) in [4.78, 5) is 36.7. The molecule has 3 aromatic heterocycles. The SMILES string of the molecule is C[C@@H](NC(=O)c1c(N)nn2cccnc12)C1=NC2C=CC=C(C#Cc3ccn(C)n3)C2C(=O)N1Nc1ccccc1. The molecule has 0 saturated heterocycles. The van der Waals surface area contributed by atoms with Crippen LogP contribution in [0.4, 0.5) is 11.5 Å². The summed E-state index contributed by atoms with van der Waals surface area (Å²) in [6, 6.07) is 11.6. The third-order valence-electron chi connectivity index (χ3n) is 6.71. The van der Waals surface area contributed by atoms with E-state index in [9.17, 15) is 9.59 Å². The second-order valence-corrected chi connectivity index (χ2v) is 9.58. The molecule has 0 spiro atoms. The number of amides is 2. The predicted molar refractivity (Wildman–Crippen MR) is 153 cm³/mol. The first-order chi connectivity index (χ1) is 19.9. The highest BCUT2D eigenvalue weighted by Crippen LogP contribution is 2.30. The molecular formula is C29H26N10O2. The number of nitrogen functional groups attached to an aromatic ring is 1. The summed E-state index contributed by atoms with van der Waals surface area (Å²) in [7, 11) is 1.82. The maximum Gasteiger partial charge on any atom is 0.259 e. The normalized spacial score (nSPS) is 18.6. The lowest BCUT2D eigenvalue weighted by Gasteiger charge is -2.38. The van der Waals surface area contributed by atoms with Crippen LogP contribution in [-0.2, 0) is 11.8 Å². The van der Waals surface area contributed by atoms with Crippen LogP contribution in [0.3, 0.4) is 0 Å². The molecule has 3 atom stereocenters. The van der Waals surface area contributed by atoms with Crippen LogP contribution in [0, 0.1) is 17.8 Å². The number of carbonyl (C=O) groups excluding carboxylic acids is 2. The van der Waals surface area contributed by atoms with E-state index in [2.05, 4.69) is 37.8 Å². The lowest BCUT2D eigenvalue weighted by molar-refractivity contribution is -0.130. The van der Waals surface area contributed by atoms with Crippen LogP contribution < -0.4 is 16.5 Å². The number of rotatable bonds is 5. The lowest BCUT2D eigenvalue weighted by Crippen LogP contribution is -2.58. The largest absolute Gasteiger partial charge is 0.381 e. The van der Waals surface area contributed by atoms with Crippen molar-refractivity contribution in [2.24, 2.45) is 18.0 Å². The second kappa shape index (κ2) is 10.5. The van der Waals surface area contributed by atoms with Crippen molar-refractivity contribution in [3.63, 3.8) is 0 Å². The van der Waals surface area contributed by atoms with Crippen molar-refractivity contribution in [3.8, 4) is 11.8 Å². The quantitative estimate of drug-likeness (QED) is 0.324. The number of nitrogens with one attached hydrogen (secondary N) is 2. The van der Waals surface area contributed by atoms with Gasteiger partial charge in [-0.3, -0.25) is 24.7 Å². The van der Waals surface area contributed by atoms with Gasteiger partial charge in [0.15, 0.2) is 11.5 Å². The molecule has 4 aromatic rings. The molecule has 1 aromatic carbocycles. The summed E-state index contributed by atoms with van der Waals surface area (Å²) in [5.41, 5.74) is 11.6. The summed E-state index contributed by atoms with van der Waals surface area (Å²) in [5.74, 6) is 5.15.